The second kappa shape index (κ2) is 8.97. The zero-order valence-corrected chi connectivity index (χ0v) is 17.2. The van der Waals surface area contributed by atoms with Crippen molar-refractivity contribution in [2.24, 2.45) is 0 Å². The van der Waals surface area contributed by atoms with Gasteiger partial charge in [-0.2, -0.15) is 13.2 Å². The van der Waals surface area contributed by atoms with Crippen LogP contribution in [-0.4, -0.2) is 33.2 Å². The molecule has 1 aliphatic rings. The Labute approximate surface area is 186 Å². The molecule has 0 saturated carbocycles. The first-order valence-electron chi connectivity index (χ1n) is 10.0. The molecular formula is C23H18F4N4O2. The molecule has 0 fully saturated rings. The molecule has 0 saturated heterocycles. The van der Waals surface area contributed by atoms with Crippen molar-refractivity contribution in [1.82, 2.24) is 14.9 Å². The van der Waals surface area contributed by atoms with Gasteiger partial charge in [0.2, 0.25) is 11.9 Å². The van der Waals surface area contributed by atoms with E-state index in [2.05, 4.69) is 15.3 Å². The number of amides is 2. The summed E-state index contributed by atoms with van der Waals surface area (Å²) in [5, 5.41) is 2.53. The Morgan fingerprint density at radius 1 is 1.09 bits per heavy atom. The van der Waals surface area contributed by atoms with Gasteiger partial charge in [0.05, 0.1) is 17.7 Å². The van der Waals surface area contributed by atoms with Gasteiger partial charge in [0.1, 0.15) is 5.82 Å². The van der Waals surface area contributed by atoms with Crippen LogP contribution < -0.4 is 5.32 Å². The van der Waals surface area contributed by atoms with E-state index in [1.807, 2.05) is 0 Å². The summed E-state index contributed by atoms with van der Waals surface area (Å²) in [4.78, 5) is 34.9. The van der Waals surface area contributed by atoms with E-state index in [-0.39, 0.29) is 30.4 Å². The molecule has 0 spiro atoms. The molecule has 0 atom stereocenters. The van der Waals surface area contributed by atoms with Crippen molar-refractivity contribution >= 4 is 17.8 Å². The van der Waals surface area contributed by atoms with E-state index in [1.54, 1.807) is 4.90 Å². The van der Waals surface area contributed by atoms with Crippen LogP contribution in [0.15, 0.2) is 54.7 Å². The van der Waals surface area contributed by atoms with E-state index < -0.39 is 23.5 Å². The van der Waals surface area contributed by atoms with Crippen molar-refractivity contribution in [1.29, 1.82) is 0 Å². The highest BCUT2D eigenvalue weighted by Gasteiger charge is 2.30. The number of nitrogens with zero attached hydrogens (tertiary/aromatic N) is 3. The minimum absolute atomic E-state index is 0.0178. The lowest BCUT2D eigenvalue weighted by molar-refractivity contribution is -0.137. The molecule has 0 unspecified atom stereocenters. The van der Waals surface area contributed by atoms with Gasteiger partial charge in [0.25, 0.3) is 5.91 Å². The van der Waals surface area contributed by atoms with Gasteiger partial charge in [-0.3, -0.25) is 14.9 Å². The van der Waals surface area contributed by atoms with Gasteiger partial charge < -0.3 is 4.90 Å². The quantitative estimate of drug-likeness (QED) is 0.600. The maximum absolute atomic E-state index is 13.3. The Balaban J connectivity index is 1.38. The summed E-state index contributed by atoms with van der Waals surface area (Å²) in [7, 11) is 0. The number of hydrogen-bond donors (Lipinski definition) is 1. The molecule has 6 nitrogen and oxygen atoms in total. The number of hydrogen-bond acceptors (Lipinski definition) is 4. The van der Waals surface area contributed by atoms with Crippen molar-refractivity contribution in [3.05, 3.63) is 88.5 Å². The molecule has 0 bridgehead atoms. The summed E-state index contributed by atoms with van der Waals surface area (Å²) < 4.78 is 51.4. The van der Waals surface area contributed by atoms with Gasteiger partial charge in [-0.1, -0.05) is 18.2 Å². The number of halogens is 4. The van der Waals surface area contributed by atoms with Gasteiger partial charge in [-0.05, 0) is 35.9 Å². The average molecular weight is 458 g/mol. The zero-order valence-electron chi connectivity index (χ0n) is 17.2. The summed E-state index contributed by atoms with van der Waals surface area (Å²) in [5.41, 5.74) is 1.26. The standard InChI is InChI=1S/C23H18F4N4O2/c24-18-3-1-2-15(11-18)21(33)30-22-28-12-16-13-31(9-8-19(16)29-22)20(32)10-14-4-6-17(7-5-14)23(25,26)27/h1-7,11-12H,8-10,13H2,(H,28,29,30,33). The average Bonchev–Trinajstić information content (AvgIpc) is 2.78. The van der Waals surface area contributed by atoms with E-state index in [4.69, 9.17) is 0 Å². The van der Waals surface area contributed by atoms with E-state index in [0.717, 1.165) is 18.2 Å². The molecule has 1 aromatic heterocycles. The molecule has 2 amide bonds. The van der Waals surface area contributed by atoms with Crippen LogP contribution in [0.3, 0.4) is 0 Å². The fraction of sp³-hybridized carbons (Fsp3) is 0.217. The zero-order chi connectivity index (χ0) is 23.6. The van der Waals surface area contributed by atoms with Crippen molar-refractivity contribution in [3.8, 4) is 0 Å². The highest BCUT2D eigenvalue weighted by Crippen LogP contribution is 2.29. The van der Waals surface area contributed by atoms with Crippen LogP contribution in [0, 0.1) is 5.82 Å². The lowest BCUT2D eigenvalue weighted by Gasteiger charge is -2.28. The summed E-state index contributed by atoms with van der Waals surface area (Å²) >= 11 is 0. The van der Waals surface area contributed by atoms with Gasteiger partial charge in [-0.25, -0.2) is 14.4 Å². The highest BCUT2D eigenvalue weighted by molar-refractivity contribution is 6.03. The minimum Gasteiger partial charge on any atom is -0.338 e. The largest absolute Gasteiger partial charge is 0.416 e. The fourth-order valence-electron chi connectivity index (χ4n) is 3.49. The van der Waals surface area contributed by atoms with Crippen LogP contribution >= 0.6 is 0 Å². The van der Waals surface area contributed by atoms with Crippen LogP contribution in [0.2, 0.25) is 0 Å². The molecule has 10 heteroatoms. The second-order valence-electron chi connectivity index (χ2n) is 7.57. The first-order chi connectivity index (χ1) is 15.7. The number of carbonyl (C=O) groups is 2. The molecular weight excluding hydrogens is 440 g/mol. The Hall–Kier alpha value is -3.82. The fourth-order valence-corrected chi connectivity index (χ4v) is 3.49. The predicted octanol–water partition coefficient (Wildman–Crippen LogP) is 4.01. The highest BCUT2D eigenvalue weighted by atomic mass is 19.4. The van der Waals surface area contributed by atoms with Gasteiger partial charge in [-0.15, -0.1) is 0 Å². The number of alkyl halides is 3. The summed E-state index contributed by atoms with van der Waals surface area (Å²) in [6, 6.07) is 9.75. The van der Waals surface area contributed by atoms with Crippen molar-refractivity contribution in [2.45, 2.75) is 25.6 Å². The predicted molar refractivity (Wildman–Crippen MR) is 111 cm³/mol. The van der Waals surface area contributed by atoms with Gasteiger partial charge >= 0.3 is 6.18 Å². The summed E-state index contributed by atoms with van der Waals surface area (Å²) in [6.45, 7) is 0.633. The molecule has 2 heterocycles. The molecule has 170 valence electrons. The number of benzene rings is 2. The van der Waals surface area contributed by atoms with Crippen LogP contribution in [0.5, 0.6) is 0 Å². The van der Waals surface area contributed by atoms with Crippen molar-refractivity contribution < 1.29 is 27.2 Å². The third-order valence-electron chi connectivity index (χ3n) is 5.24. The Kier molecular flexibility index (Phi) is 6.08. The molecule has 1 aliphatic heterocycles. The first-order valence-corrected chi connectivity index (χ1v) is 10.0. The van der Waals surface area contributed by atoms with Gasteiger partial charge in [0.15, 0.2) is 0 Å². The molecule has 2 aromatic carbocycles. The second-order valence-corrected chi connectivity index (χ2v) is 7.57. The van der Waals surface area contributed by atoms with Crippen molar-refractivity contribution in [2.75, 3.05) is 11.9 Å². The van der Waals surface area contributed by atoms with E-state index >= 15 is 0 Å². The van der Waals surface area contributed by atoms with Crippen LogP contribution in [0.4, 0.5) is 23.5 Å². The molecule has 4 rings (SSSR count). The SMILES string of the molecule is O=C(Nc1ncc2c(n1)CCN(C(=O)Cc1ccc(C(F)(F)F)cc1)C2)c1cccc(F)c1. The topological polar surface area (TPSA) is 75.2 Å². The van der Waals surface area contributed by atoms with Crippen LogP contribution in [-0.2, 0) is 30.4 Å². The van der Waals surface area contributed by atoms with E-state index in [1.165, 1.54) is 36.5 Å². The lowest BCUT2D eigenvalue weighted by Crippen LogP contribution is -2.37. The number of aromatic nitrogens is 2. The number of fused-ring (bicyclic) bond motifs is 1. The van der Waals surface area contributed by atoms with Gasteiger partial charge in [0, 0.05) is 36.8 Å². The lowest BCUT2D eigenvalue weighted by atomic mass is 10.0. The van der Waals surface area contributed by atoms with E-state index in [9.17, 15) is 27.2 Å². The summed E-state index contributed by atoms with van der Waals surface area (Å²) in [6.07, 6.45) is -2.49. The number of nitrogens with one attached hydrogen (secondary N) is 1. The third kappa shape index (κ3) is 5.33. The number of anilines is 1. The monoisotopic (exact) mass is 458 g/mol. The third-order valence-corrected chi connectivity index (χ3v) is 5.24. The molecule has 33 heavy (non-hydrogen) atoms. The number of rotatable bonds is 4. The maximum Gasteiger partial charge on any atom is 0.416 e. The first kappa shape index (κ1) is 22.4. The Bertz CT molecular complexity index is 1200. The van der Waals surface area contributed by atoms with E-state index in [0.29, 0.717) is 29.8 Å². The van der Waals surface area contributed by atoms with Crippen LogP contribution in [0.1, 0.15) is 32.7 Å². The molecule has 3 aromatic rings. The Morgan fingerprint density at radius 3 is 2.55 bits per heavy atom. The normalized spacial score (nSPS) is 13.4. The Morgan fingerprint density at radius 2 is 1.85 bits per heavy atom. The van der Waals surface area contributed by atoms with Crippen LogP contribution in [0.25, 0.3) is 0 Å². The summed E-state index contributed by atoms with van der Waals surface area (Å²) in [5.74, 6) is -1.22. The molecule has 0 radical (unpaired) electrons. The maximum atomic E-state index is 13.3. The van der Waals surface area contributed by atoms with Crippen molar-refractivity contribution in [3.63, 3.8) is 0 Å². The smallest absolute Gasteiger partial charge is 0.338 e. The minimum atomic E-state index is -4.42. The number of carbonyl (C=O) groups excluding carboxylic acids is 2. The molecule has 1 N–H and O–H groups in total. The molecule has 0 aliphatic carbocycles.